The molecule has 1 aromatic rings. The third-order valence-corrected chi connectivity index (χ3v) is 3.29. The molecule has 3 rings (SSSR count). The average molecular weight is 276 g/mol. The van der Waals surface area contributed by atoms with Crippen LogP contribution in [0.3, 0.4) is 0 Å². The smallest absolute Gasteiger partial charge is 0.253 e. The lowest BCUT2D eigenvalue weighted by molar-refractivity contribution is -0.117. The van der Waals surface area contributed by atoms with Crippen LogP contribution in [0.5, 0.6) is 11.5 Å². The number of hydrogen-bond acceptors (Lipinski definition) is 7. The third kappa shape index (κ3) is 1.68. The van der Waals surface area contributed by atoms with E-state index < -0.39 is 12.1 Å². The van der Waals surface area contributed by atoms with Gasteiger partial charge in [-0.3, -0.25) is 15.0 Å². The molecule has 8 nitrogen and oxygen atoms in total. The maximum Gasteiger partial charge on any atom is 0.253 e. The minimum atomic E-state index is -0.855. The lowest BCUT2D eigenvalue weighted by atomic mass is 9.99. The van der Waals surface area contributed by atoms with Crippen molar-refractivity contribution in [1.29, 1.82) is 0 Å². The second kappa shape index (κ2) is 4.48. The zero-order chi connectivity index (χ0) is 14.3. The molecule has 2 atom stereocenters. The van der Waals surface area contributed by atoms with Gasteiger partial charge in [-0.05, 0) is 6.07 Å². The van der Waals surface area contributed by atoms with Crippen molar-refractivity contribution in [3.05, 3.63) is 17.7 Å². The number of benzene rings is 1. The van der Waals surface area contributed by atoms with Gasteiger partial charge in [0.25, 0.3) is 5.91 Å². The molecule has 2 aliphatic rings. The Morgan fingerprint density at radius 3 is 2.55 bits per heavy atom. The fourth-order valence-corrected chi connectivity index (χ4v) is 2.26. The molecule has 0 aliphatic carbocycles. The number of ether oxygens (including phenoxy) is 2. The summed E-state index contributed by atoms with van der Waals surface area (Å²) in [6.45, 7) is 0. The molecule has 2 unspecified atom stereocenters. The van der Waals surface area contributed by atoms with Crippen LogP contribution in [0.1, 0.15) is 10.4 Å². The summed E-state index contributed by atoms with van der Waals surface area (Å²) in [6.07, 6.45) is 0. The van der Waals surface area contributed by atoms with Crippen molar-refractivity contribution in [2.24, 2.45) is 10.3 Å². The van der Waals surface area contributed by atoms with Gasteiger partial charge in [-0.2, -0.15) is 5.11 Å². The summed E-state index contributed by atoms with van der Waals surface area (Å²) in [4.78, 5) is 24.5. The van der Waals surface area contributed by atoms with E-state index in [0.717, 1.165) is 0 Å². The molecule has 0 radical (unpaired) electrons. The van der Waals surface area contributed by atoms with Crippen LogP contribution in [0.2, 0.25) is 0 Å². The number of fused-ring (bicyclic) bond motifs is 2. The summed E-state index contributed by atoms with van der Waals surface area (Å²) in [7, 11) is 2.96. The molecular formula is C12H12N4O4. The molecule has 0 saturated carbocycles. The van der Waals surface area contributed by atoms with E-state index in [1.807, 2.05) is 0 Å². The molecule has 2 heterocycles. The predicted octanol–water partition coefficient (Wildman–Crippen LogP) is 0.546. The second-order valence-electron chi connectivity index (χ2n) is 4.37. The van der Waals surface area contributed by atoms with Crippen molar-refractivity contribution in [1.82, 2.24) is 5.43 Å². The first-order chi connectivity index (χ1) is 9.65. The quantitative estimate of drug-likeness (QED) is 0.821. The van der Waals surface area contributed by atoms with Gasteiger partial charge in [0.15, 0.2) is 23.3 Å². The van der Waals surface area contributed by atoms with Gasteiger partial charge < -0.3 is 14.8 Å². The van der Waals surface area contributed by atoms with E-state index in [1.165, 1.54) is 14.2 Å². The van der Waals surface area contributed by atoms with E-state index in [2.05, 4.69) is 21.1 Å². The molecule has 2 aliphatic heterocycles. The number of methoxy groups -OCH3 is 2. The summed E-state index contributed by atoms with van der Waals surface area (Å²) in [5, 5.41) is 9.95. The van der Waals surface area contributed by atoms with Crippen molar-refractivity contribution in [2.45, 2.75) is 12.1 Å². The van der Waals surface area contributed by atoms with Gasteiger partial charge in [0.1, 0.15) is 6.04 Å². The molecule has 8 heteroatoms. The number of Topliss-reactive ketones (excluding diaryl/α,β-unsaturated/α-hetero) is 1. The van der Waals surface area contributed by atoms with Crippen LogP contribution >= 0.6 is 0 Å². The van der Waals surface area contributed by atoms with Crippen LogP contribution in [-0.4, -0.2) is 38.0 Å². The van der Waals surface area contributed by atoms with Gasteiger partial charge in [-0.1, -0.05) is 5.22 Å². The number of hydrogen-bond donors (Lipinski definition) is 2. The lowest BCUT2D eigenvalue weighted by Gasteiger charge is -2.13. The maximum atomic E-state index is 12.5. The standard InChI is InChI=1S/C12H12N4O4/c1-19-7-3-5-6(4-8(7)20-2)13-12(18)10-9(11(5)17)14-16-15-10/h3-4,9-10H,1-2H3,(H,13,18)(H,14,15). The minimum absolute atomic E-state index is 0.269. The molecule has 20 heavy (non-hydrogen) atoms. The zero-order valence-corrected chi connectivity index (χ0v) is 10.8. The Morgan fingerprint density at radius 1 is 1.15 bits per heavy atom. The fourth-order valence-electron chi connectivity index (χ4n) is 2.26. The first-order valence-corrected chi connectivity index (χ1v) is 5.92. The van der Waals surface area contributed by atoms with E-state index >= 15 is 0 Å². The van der Waals surface area contributed by atoms with E-state index in [4.69, 9.17) is 9.47 Å². The lowest BCUT2D eigenvalue weighted by Crippen LogP contribution is -2.42. The largest absolute Gasteiger partial charge is 0.493 e. The van der Waals surface area contributed by atoms with Crippen LogP contribution in [0.25, 0.3) is 0 Å². The highest BCUT2D eigenvalue weighted by Crippen LogP contribution is 2.36. The Hall–Kier alpha value is -2.64. The molecule has 0 aromatic heterocycles. The molecular weight excluding hydrogens is 264 g/mol. The molecule has 0 fully saturated rings. The number of amides is 1. The highest BCUT2D eigenvalue weighted by Gasteiger charge is 2.42. The van der Waals surface area contributed by atoms with E-state index in [-0.39, 0.29) is 11.7 Å². The SMILES string of the molecule is COc1cc2c(cc1OC)C(=O)C1NN=NC1C(=O)N2. The summed E-state index contributed by atoms with van der Waals surface area (Å²) in [5.41, 5.74) is 3.28. The molecule has 0 saturated heterocycles. The van der Waals surface area contributed by atoms with E-state index in [9.17, 15) is 9.59 Å². The summed E-state index contributed by atoms with van der Waals surface area (Å²) in [6, 6.07) is 1.46. The van der Waals surface area contributed by atoms with Crippen LogP contribution in [0.4, 0.5) is 5.69 Å². The highest BCUT2D eigenvalue weighted by molar-refractivity contribution is 6.14. The third-order valence-electron chi connectivity index (χ3n) is 3.29. The van der Waals surface area contributed by atoms with Crippen LogP contribution in [0, 0.1) is 0 Å². The minimum Gasteiger partial charge on any atom is -0.493 e. The van der Waals surface area contributed by atoms with Crippen molar-refractivity contribution < 1.29 is 19.1 Å². The van der Waals surface area contributed by atoms with E-state index in [1.54, 1.807) is 12.1 Å². The Bertz CT molecular complexity index is 628. The number of nitrogens with zero attached hydrogens (tertiary/aromatic N) is 2. The van der Waals surface area contributed by atoms with Crippen LogP contribution in [-0.2, 0) is 4.79 Å². The number of ketones is 1. The fraction of sp³-hybridized carbons (Fsp3) is 0.333. The number of carbonyl (C=O) groups is 2. The predicted molar refractivity (Wildman–Crippen MR) is 68.1 cm³/mol. The van der Waals surface area contributed by atoms with Gasteiger partial charge in [-0.15, -0.1) is 0 Å². The highest BCUT2D eigenvalue weighted by atomic mass is 16.5. The first-order valence-electron chi connectivity index (χ1n) is 5.92. The number of nitrogens with one attached hydrogen (secondary N) is 2. The number of carbonyl (C=O) groups excluding carboxylic acids is 2. The molecule has 0 spiro atoms. The summed E-state index contributed by atoms with van der Waals surface area (Å²) in [5.74, 6) is 0.192. The molecule has 2 N–H and O–H groups in total. The van der Waals surface area contributed by atoms with Gasteiger partial charge in [0.2, 0.25) is 0 Å². The Kier molecular flexibility index (Phi) is 2.78. The second-order valence-corrected chi connectivity index (χ2v) is 4.37. The Balaban J connectivity index is 2.13. The van der Waals surface area contributed by atoms with Crippen molar-refractivity contribution in [2.75, 3.05) is 19.5 Å². The van der Waals surface area contributed by atoms with Crippen LogP contribution in [0.15, 0.2) is 22.5 Å². The van der Waals surface area contributed by atoms with Gasteiger partial charge in [0.05, 0.1) is 19.9 Å². The van der Waals surface area contributed by atoms with Gasteiger partial charge in [0, 0.05) is 11.6 Å². The van der Waals surface area contributed by atoms with Crippen molar-refractivity contribution in [3.63, 3.8) is 0 Å². The topological polar surface area (TPSA) is 101 Å². The number of anilines is 1. The summed E-state index contributed by atoms with van der Waals surface area (Å²) < 4.78 is 10.3. The monoisotopic (exact) mass is 276 g/mol. The molecule has 0 bridgehead atoms. The van der Waals surface area contributed by atoms with Crippen LogP contribution < -0.4 is 20.2 Å². The normalized spacial score (nSPS) is 23.3. The van der Waals surface area contributed by atoms with Gasteiger partial charge in [-0.25, -0.2) is 0 Å². The first kappa shape index (κ1) is 12.4. The molecule has 1 aromatic carbocycles. The van der Waals surface area contributed by atoms with Crippen molar-refractivity contribution in [3.8, 4) is 11.5 Å². The summed E-state index contributed by atoms with van der Waals surface area (Å²) >= 11 is 0. The van der Waals surface area contributed by atoms with E-state index in [0.29, 0.717) is 22.7 Å². The average Bonchev–Trinajstić information content (AvgIpc) is 2.92. The van der Waals surface area contributed by atoms with Crippen molar-refractivity contribution >= 4 is 17.4 Å². The Labute approximate surface area is 114 Å². The van der Waals surface area contributed by atoms with Gasteiger partial charge >= 0.3 is 0 Å². The maximum absolute atomic E-state index is 12.5. The number of rotatable bonds is 2. The Morgan fingerprint density at radius 2 is 1.85 bits per heavy atom. The zero-order valence-electron chi connectivity index (χ0n) is 10.8. The molecule has 1 amide bonds. The molecule has 104 valence electrons.